The Morgan fingerprint density at radius 1 is 1.29 bits per heavy atom. The van der Waals surface area contributed by atoms with Crippen molar-refractivity contribution in [3.05, 3.63) is 38.9 Å². The van der Waals surface area contributed by atoms with Gasteiger partial charge in [0.15, 0.2) is 6.61 Å². The van der Waals surface area contributed by atoms with Gasteiger partial charge in [-0.15, -0.1) is 0 Å². The lowest BCUT2D eigenvalue weighted by Gasteiger charge is -2.12. The first kappa shape index (κ1) is 16.5. The molecule has 21 heavy (non-hydrogen) atoms. The highest BCUT2D eigenvalue weighted by molar-refractivity contribution is 9.11. The molecule has 2 aromatic rings. The normalized spacial score (nSPS) is 11.1. The van der Waals surface area contributed by atoms with E-state index in [0.29, 0.717) is 11.7 Å². The van der Waals surface area contributed by atoms with Gasteiger partial charge < -0.3 is 14.6 Å². The molecule has 0 bridgehead atoms. The second-order valence-electron chi connectivity index (χ2n) is 5.05. The van der Waals surface area contributed by atoms with Gasteiger partial charge in [0.25, 0.3) is 0 Å². The fourth-order valence-corrected chi connectivity index (χ4v) is 3.26. The molecular formula is C14H17Br2N3O2. The van der Waals surface area contributed by atoms with Crippen LogP contribution >= 0.6 is 31.9 Å². The van der Waals surface area contributed by atoms with E-state index in [2.05, 4.69) is 65.7 Å². The van der Waals surface area contributed by atoms with Crippen molar-refractivity contribution < 1.29 is 9.26 Å². The van der Waals surface area contributed by atoms with E-state index < -0.39 is 0 Å². The Balaban J connectivity index is 1.99. The van der Waals surface area contributed by atoms with Crippen molar-refractivity contribution in [3.63, 3.8) is 0 Å². The zero-order valence-corrected chi connectivity index (χ0v) is 15.1. The zero-order valence-electron chi connectivity index (χ0n) is 11.9. The predicted octanol–water partition coefficient (Wildman–Crippen LogP) is 3.92. The maximum Gasteiger partial charge on any atom is 0.213 e. The molecule has 1 aromatic heterocycles. The molecule has 114 valence electrons. The number of nitrogens with one attached hydrogen (secondary N) is 1. The van der Waals surface area contributed by atoms with Crippen LogP contribution in [0, 0.1) is 5.92 Å². The van der Waals surface area contributed by atoms with E-state index in [1.165, 1.54) is 12.0 Å². The van der Waals surface area contributed by atoms with Crippen molar-refractivity contribution in [1.82, 2.24) is 15.5 Å². The first-order valence-electron chi connectivity index (χ1n) is 6.63. The van der Waals surface area contributed by atoms with Gasteiger partial charge in [-0.3, -0.25) is 0 Å². The summed E-state index contributed by atoms with van der Waals surface area (Å²) >= 11 is 7.07. The third kappa shape index (κ3) is 5.09. The number of ether oxygens (including phenoxy) is 1. The smallest absolute Gasteiger partial charge is 0.213 e. The molecule has 1 N–H and O–H groups in total. The molecule has 2 rings (SSSR count). The minimum Gasteiger partial charge on any atom is -0.483 e. The third-order valence-electron chi connectivity index (χ3n) is 2.69. The van der Waals surface area contributed by atoms with Gasteiger partial charge in [-0.2, -0.15) is 4.98 Å². The summed E-state index contributed by atoms with van der Waals surface area (Å²) in [5, 5.41) is 7.13. The molecule has 0 saturated heterocycles. The molecule has 0 unspecified atom stereocenters. The topological polar surface area (TPSA) is 60.2 Å². The SMILES string of the molecule is CC(C)CNCc1cc(Br)c(OCc2ncon2)c(Br)c1. The lowest BCUT2D eigenvalue weighted by Crippen LogP contribution is -2.19. The molecule has 0 spiro atoms. The lowest BCUT2D eigenvalue weighted by atomic mass is 10.2. The maximum atomic E-state index is 5.71. The van der Waals surface area contributed by atoms with E-state index in [1.54, 1.807) is 0 Å². The van der Waals surface area contributed by atoms with Crippen LogP contribution in [0.3, 0.4) is 0 Å². The minimum absolute atomic E-state index is 0.263. The second-order valence-corrected chi connectivity index (χ2v) is 6.76. The van der Waals surface area contributed by atoms with Crippen molar-refractivity contribution in [1.29, 1.82) is 0 Å². The first-order chi connectivity index (χ1) is 10.1. The van der Waals surface area contributed by atoms with E-state index >= 15 is 0 Å². The lowest BCUT2D eigenvalue weighted by molar-refractivity contribution is 0.283. The van der Waals surface area contributed by atoms with Crippen molar-refractivity contribution in [2.75, 3.05) is 6.54 Å². The van der Waals surface area contributed by atoms with Crippen LogP contribution in [0.5, 0.6) is 5.75 Å². The fourth-order valence-electron chi connectivity index (χ4n) is 1.75. The molecule has 0 radical (unpaired) electrons. The van der Waals surface area contributed by atoms with Gasteiger partial charge in [0, 0.05) is 6.54 Å². The number of aromatic nitrogens is 2. The molecule has 5 nitrogen and oxygen atoms in total. The molecule has 1 aromatic carbocycles. The number of hydrogen-bond donors (Lipinski definition) is 1. The van der Waals surface area contributed by atoms with Gasteiger partial charge in [-0.05, 0) is 62.0 Å². The summed E-state index contributed by atoms with van der Waals surface area (Å²) in [6.45, 7) is 6.45. The van der Waals surface area contributed by atoms with E-state index in [4.69, 9.17) is 4.74 Å². The van der Waals surface area contributed by atoms with Crippen molar-refractivity contribution in [2.45, 2.75) is 27.0 Å². The molecule has 0 aliphatic heterocycles. The number of nitrogens with zero attached hydrogens (tertiary/aromatic N) is 2. The van der Waals surface area contributed by atoms with Crippen LogP contribution in [0.25, 0.3) is 0 Å². The predicted molar refractivity (Wildman–Crippen MR) is 87.0 cm³/mol. The largest absolute Gasteiger partial charge is 0.483 e. The van der Waals surface area contributed by atoms with Gasteiger partial charge in [-0.25, -0.2) is 0 Å². The molecule has 0 fully saturated rings. The average Bonchev–Trinajstić information content (AvgIpc) is 2.90. The van der Waals surface area contributed by atoms with Crippen LogP contribution in [0.2, 0.25) is 0 Å². The van der Waals surface area contributed by atoms with Crippen LogP contribution in [0.15, 0.2) is 32.0 Å². The van der Waals surface area contributed by atoms with E-state index in [-0.39, 0.29) is 6.61 Å². The monoisotopic (exact) mass is 417 g/mol. The van der Waals surface area contributed by atoms with Gasteiger partial charge in [0.1, 0.15) is 5.75 Å². The zero-order chi connectivity index (χ0) is 15.2. The second kappa shape index (κ2) is 7.91. The highest BCUT2D eigenvalue weighted by Crippen LogP contribution is 2.35. The average molecular weight is 419 g/mol. The van der Waals surface area contributed by atoms with Gasteiger partial charge in [-0.1, -0.05) is 19.0 Å². The van der Waals surface area contributed by atoms with Gasteiger partial charge >= 0.3 is 0 Å². The summed E-state index contributed by atoms with van der Waals surface area (Å²) in [5.74, 6) is 1.87. The Morgan fingerprint density at radius 3 is 2.57 bits per heavy atom. The number of halogens is 2. The van der Waals surface area contributed by atoms with Crippen LogP contribution < -0.4 is 10.1 Å². The Hall–Kier alpha value is -0.920. The van der Waals surface area contributed by atoms with Crippen molar-refractivity contribution in [2.24, 2.45) is 5.92 Å². The molecule has 0 aliphatic rings. The standard InChI is InChI=1S/C14H17Br2N3O2/c1-9(2)5-17-6-10-3-11(15)14(12(16)4-10)20-7-13-18-8-21-19-13/h3-4,8-9,17H,5-7H2,1-2H3. The highest BCUT2D eigenvalue weighted by atomic mass is 79.9. The summed E-state index contributed by atoms with van der Waals surface area (Å²) in [6.07, 6.45) is 1.28. The Labute approximate surface area is 140 Å². The van der Waals surface area contributed by atoms with Crippen molar-refractivity contribution >= 4 is 31.9 Å². The fraction of sp³-hybridized carbons (Fsp3) is 0.429. The molecule has 0 saturated carbocycles. The Bertz CT molecular complexity index is 551. The van der Waals surface area contributed by atoms with E-state index in [9.17, 15) is 0 Å². The highest BCUT2D eigenvalue weighted by Gasteiger charge is 2.10. The minimum atomic E-state index is 0.263. The number of hydrogen-bond acceptors (Lipinski definition) is 5. The van der Waals surface area contributed by atoms with E-state index in [1.807, 2.05) is 12.1 Å². The summed E-state index contributed by atoms with van der Waals surface area (Å²) < 4.78 is 12.2. The number of benzene rings is 1. The summed E-state index contributed by atoms with van der Waals surface area (Å²) in [5.41, 5.74) is 1.18. The van der Waals surface area contributed by atoms with E-state index in [0.717, 1.165) is 27.8 Å². The van der Waals surface area contributed by atoms with Crippen LogP contribution in [0.1, 0.15) is 25.2 Å². The van der Waals surface area contributed by atoms with Crippen LogP contribution in [-0.2, 0) is 13.2 Å². The molecule has 0 amide bonds. The molecule has 0 atom stereocenters. The van der Waals surface area contributed by atoms with Gasteiger partial charge in [0.05, 0.1) is 8.95 Å². The summed E-state index contributed by atoms with van der Waals surface area (Å²) in [6, 6.07) is 4.09. The van der Waals surface area contributed by atoms with Crippen LogP contribution in [0.4, 0.5) is 0 Å². The van der Waals surface area contributed by atoms with Crippen LogP contribution in [-0.4, -0.2) is 16.7 Å². The third-order valence-corrected chi connectivity index (χ3v) is 3.87. The van der Waals surface area contributed by atoms with Crippen molar-refractivity contribution in [3.8, 4) is 5.75 Å². The quantitative estimate of drug-likeness (QED) is 0.738. The molecule has 0 aliphatic carbocycles. The molecule has 1 heterocycles. The Morgan fingerprint density at radius 2 is 2.00 bits per heavy atom. The maximum absolute atomic E-state index is 5.71. The first-order valence-corrected chi connectivity index (χ1v) is 8.21. The molecule has 7 heteroatoms. The Kier molecular flexibility index (Phi) is 6.20. The summed E-state index contributed by atoms with van der Waals surface area (Å²) in [7, 11) is 0. The summed E-state index contributed by atoms with van der Waals surface area (Å²) in [4.78, 5) is 3.92. The van der Waals surface area contributed by atoms with Gasteiger partial charge in [0.2, 0.25) is 12.2 Å². The number of rotatable bonds is 7. The molecular weight excluding hydrogens is 402 g/mol.